The van der Waals surface area contributed by atoms with Gasteiger partial charge in [0.2, 0.25) is 0 Å². The maximum atomic E-state index is 12.5. The van der Waals surface area contributed by atoms with Gasteiger partial charge in [-0.15, -0.1) is 0 Å². The van der Waals surface area contributed by atoms with Gasteiger partial charge >= 0.3 is 0 Å². The van der Waals surface area contributed by atoms with Crippen molar-refractivity contribution in [1.82, 2.24) is 4.90 Å². The number of halogens is 1. The number of methoxy groups -OCH3 is 1. The molecule has 0 unspecified atom stereocenters. The van der Waals surface area contributed by atoms with Crippen molar-refractivity contribution in [2.24, 2.45) is 5.41 Å². The Morgan fingerprint density at radius 2 is 1.90 bits per heavy atom. The first-order valence-electron chi connectivity index (χ1n) is 6.34. The minimum absolute atomic E-state index is 0.0756. The molecule has 5 nitrogen and oxygen atoms in total. The molecule has 0 heterocycles. The van der Waals surface area contributed by atoms with Gasteiger partial charge in [0.15, 0.2) is 0 Å². The van der Waals surface area contributed by atoms with E-state index in [1.165, 1.54) is 30.2 Å². The topological polar surface area (TPSA) is 63.7 Å². The van der Waals surface area contributed by atoms with Gasteiger partial charge in [0.25, 0.3) is 15.0 Å². The van der Waals surface area contributed by atoms with Crippen molar-refractivity contribution in [3.05, 3.63) is 23.8 Å². The summed E-state index contributed by atoms with van der Waals surface area (Å²) >= 11 is 0. The summed E-state index contributed by atoms with van der Waals surface area (Å²) < 4.78 is 27.9. The largest absolute Gasteiger partial charge is 0.496 e. The molecule has 0 saturated carbocycles. The van der Waals surface area contributed by atoms with E-state index >= 15 is 0 Å². The average Bonchev–Trinajstić information content (AvgIpc) is 2.33. The van der Waals surface area contributed by atoms with E-state index < -0.39 is 9.05 Å². The predicted octanol–water partition coefficient (Wildman–Crippen LogP) is 2.74. The molecule has 0 N–H and O–H groups in total. The molecular weight excluding hydrogens is 314 g/mol. The van der Waals surface area contributed by atoms with Crippen molar-refractivity contribution in [2.45, 2.75) is 25.7 Å². The molecule has 21 heavy (non-hydrogen) atoms. The minimum atomic E-state index is -3.90. The molecule has 1 aromatic carbocycles. The highest BCUT2D eigenvalue weighted by molar-refractivity contribution is 8.13. The van der Waals surface area contributed by atoms with Crippen LogP contribution in [0.2, 0.25) is 0 Å². The van der Waals surface area contributed by atoms with Crippen molar-refractivity contribution in [3.8, 4) is 5.75 Å². The van der Waals surface area contributed by atoms with Crippen LogP contribution in [-0.4, -0.2) is 39.9 Å². The number of rotatable bonds is 4. The second-order valence-electron chi connectivity index (χ2n) is 6.02. The fraction of sp³-hybridized carbons (Fsp3) is 0.500. The quantitative estimate of drug-likeness (QED) is 0.795. The summed E-state index contributed by atoms with van der Waals surface area (Å²) in [6.07, 6.45) is 0. The van der Waals surface area contributed by atoms with Gasteiger partial charge < -0.3 is 9.64 Å². The summed E-state index contributed by atoms with van der Waals surface area (Å²) in [6, 6.07) is 3.97. The van der Waals surface area contributed by atoms with Crippen molar-refractivity contribution >= 4 is 25.6 Å². The summed E-state index contributed by atoms with van der Waals surface area (Å²) in [6.45, 7) is 6.54. The van der Waals surface area contributed by atoms with Crippen LogP contribution in [0.15, 0.2) is 23.1 Å². The van der Waals surface area contributed by atoms with Gasteiger partial charge in [-0.1, -0.05) is 20.8 Å². The number of carbonyl (C=O) groups is 1. The lowest BCUT2D eigenvalue weighted by molar-refractivity contribution is 0.0742. The van der Waals surface area contributed by atoms with E-state index in [9.17, 15) is 13.2 Å². The Labute approximate surface area is 130 Å². The van der Waals surface area contributed by atoms with Crippen molar-refractivity contribution in [3.63, 3.8) is 0 Å². The third-order valence-corrected chi connectivity index (χ3v) is 4.09. The SMILES string of the molecule is COc1ccc(S(=O)(=O)Cl)cc1C(=O)N(C)CC(C)(C)C. The second-order valence-corrected chi connectivity index (χ2v) is 8.59. The Morgan fingerprint density at radius 1 is 1.33 bits per heavy atom. The monoisotopic (exact) mass is 333 g/mol. The fourth-order valence-electron chi connectivity index (χ4n) is 1.99. The first-order valence-corrected chi connectivity index (χ1v) is 8.65. The highest BCUT2D eigenvalue weighted by Crippen LogP contribution is 2.26. The van der Waals surface area contributed by atoms with Crippen LogP contribution in [0.25, 0.3) is 0 Å². The Bertz CT molecular complexity index is 635. The predicted molar refractivity (Wildman–Crippen MR) is 82.4 cm³/mol. The number of hydrogen-bond donors (Lipinski definition) is 0. The summed E-state index contributed by atoms with van der Waals surface area (Å²) in [7, 11) is 4.51. The molecule has 0 bridgehead atoms. The summed E-state index contributed by atoms with van der Waals surface area (Å²) in [5.74, 6) is -0.00577. The van der Waals surface area contributed by atoms with Gasteiger partial charge in [0.1, 0.15) is 5.75 Å². The maximum Gasteiger partial charge on any atom is 0.261 e. The molecule has 1 aromatic rings. The molecule has 7 heteroatoms. The summed E-state index contributed by atoms with van der Waals surface area (Å²) in [4.78, 5) is 13.9. The van der Waals surface area contributed by atoms with Crippen LogP contribution < -0.4 is 4.74 Å². The first kappa shape index (κ1) is 17.8. The first-order chi connectivity index (χ1) is 9.45. The minimum Gasteiger partial charge on any atom is -0.496 e. The zero-order valence-corrected chi connectivity index (χ0v) is 14.4. The van der Waals surface area contributed by atoms with Gasteiger partial charge in [0.05, 0.1) is 17.6 Å². The molecule has 0 aliphatic rings. The third-order valence-electron chi connectivity index (χ3n) is 2.74. The standard InChI is InChI=1S/C14H20ClNO4S/c1-14(2,3)9-16(4)13(17)11-8-10(21(15,18)19)6-7-12(11)20-5/h6-8H,9H2,1-5H3. The molecule has 118 valence electrons. The highest BCUT2D eigenvalue weighted by Gasteiger charge is 2.23. The Hall–Kier alpha value is -1.27. The molecule has 1 amide bonds. The lowest BCUT2D eigenvalue weighted by Gasteiger charge is -2.27. The van der Waals surface area contributed by atoms with Gasteiger partial charge in [-0.2, -0.15) is 0 Å². The van der Waals surface area contributed by atoms with Crippen LogP contribution in [0.3, 0.4) is 0 Å². The summed E-state index contributed by atoms with van der Waals surface area (Å²) in [5, 5.41) is 0. The lowest BCUT2D eigenvalue weighted by atomic mass is 9.96. The maximum absolute atomic E-state index is 12.5. The van der Waals surface area contributed by atoms with Crippen LogP contribution >= 0.6 is 10.7 Å². The van der Waals surface area contributed by atoms with Crippen LogP contribution in [0.1, 0.15) is 31.1 Å². The van der Waals surface area contributed by atoms with E-state index in [0.29, 0.717) is 12.3 Å². The zero-order chi connectivity index (χ0) is 16.4. The zero-order valence-electron chi connectivity index (χ0n) is 12.8. The Kier molecular flexibility index (Phi) is 5.28. The number of benzene rings is 1. The molecule has 0 aliphatic carbocycles. The van der Waals surface area contributed by atoms with Gasteiger partial charge in [-0.3, -0.25) is 4.79 Å². The van der Waals surface area contributed by atoms with Crippen LogP contribution in [0, 0.1) is 5.41 Å². The van der Waals surface area contributed by atoms with Crippen LogP contribution in [0.5, 0.6) is 5.75 Å². The normalized spacial score (nSPS) is 12.1. The number of amides is 1. The molecule has 0 aromatic heterocycles. The molecule has 1 rings (SSSR count). The van der Waals surface area contributed by atoms with Gasteiger partial charge in [-0.05, 0) is 23.6 Å². The Morgan fingerprint density at radius 3 is 2.33 bits per heavy atom. The van der Waals surface area contributed by atoms with E-state index in [1.807, 2.05) is 20.8 Å². The molecule has 0 spiro atoms. The van der Waals surface area contributed by atoms with Crippen molar-refractivity contribution < 1.29 is 17.9 Å². The van der Waals surface area contributed by atoms with E-state index in [4.69, 9.17) is 15.4 Å². The molecule has 0 aliphatic heterocycles. The van der Waals surface area contributed by atoms with E-state index in [0.717, 1.165) is 0 Å². The van der Waals surface area contributed by atoms with Gasteiger partial charge in [-0.25, -0.2) is 8.42 Å². The third kappa shape index (κ3) is 4.89. The molecule has 0 fully saturated rings. The summed E-state index contributed by atoms with van der Waals surface area (Å²) in [5.41, 5.74) is 0.0966. The molecule has 0 radical (unpaired) electrons. The number of hydrogen-bond acceptors (Lipinski definition) is 4. The number of nitrogens with zero attached hydrogens (tertiary/aromatic N) is 1. The molecule has 0 saturated heterocycles. The Balaban J connectivity index is 3.24. The number of carbonyl (C=O) groups excluding carboxylic acids is 1. The van der Waals surface area contributed by atoms with Gasteiger partial charge in [0, 0.05) is 24.3 Å². The average molecular weight is 334 g/mol. The van der Waals surface area contributed by atoms with Crippen LogP contribution in [-0.2, 0) is 9.05 Å². The molecular formula is C14H20ClNO4S. The van der Waals surface area contributed by atoms with E-state index in [-0.39, 0.29) is 21.8 Å². The van der Waals surface area contributed by atoms with Crippen molar-refractivity contribution in [2.75, 3.05) is 20.7 Å². The van der Waals surface area contributed by atoms with Crippen molar-refractivity contribution in [1.29, 1.82) is 0 Å². The lowest BCUT2D eigenvalue weighted by Crippen LogP contribution is -2.34. The smallest absolute Gasteiger partial charge is 0.261 e. The second kappa shape index (κ2) is 6.23. The fourth-order valence-corrected chi connectivity index (χ4v) is 2.77. The molecule has 0 atom stereocenters. The van der Waals surface area contributed by atoms with E-state index in [1.54, 1.807) is 7.05 Å². The highest BCUT2D eigenvalue weighted by atomic mass is 35.7. The number of ether oxygens (including phenoxy) is 1. The van der Waals surface area contributed by atoms with Crippen LogP contribution in [0.4, 0.5) is 0 Å². The van der Waals surface area contributed by atoms with E-state index in [2.05, 4.69) is 0 Å².